The lowest BCUT2D eigenvalue weighted by atomic mass is 10.0. The van der Waals surface area contributed by atoms with Gasteiger partial charge in [-0.3, -0.25) is 15.0 Å². The first-order valence-electron chi connectivity index (χ1n) is 3.73. The lowest BCUT2D eigenvalue weighted by Gasteiger charge is -2.08. The van der Waals surface area contributed by atoms with Gasteiger partial charge in [-0.15, -0.1) is 0 Å². The number of nitrogens with two attached hydrogens (primary N) is 1. The van der Waals surface area contributed by atoms with Crippen LogP contribution in [0, 0.1) is 11.3 Å². The summed E-state index contributed by atoms with van der Waals surface area (Å²) < 4.78 is 0. The molecule has 0 aromatic heterocycles. The predicted octanol–water partition coefficient (Wildman–Crippen LogP) is -0.122. The highest BCUT2D eigenvalue weighted by atomic mass is 16.4. The van der Waals surface area contributed by atoms with Crippen molar-refractivity contribution in [3.05, 3.63) is 0 Å². The zero-order valence-electron chi connectivity index (χ0n) is 6.99. The van der Waals surface area contributed by atoms with Gasteiger partial charge in [0, 0.05) is 6.42 Å². The standard InChI is InChI=1S/C7H12N2O4/c8-6(9)4(7(12)13)2-1-3-5(10)11/h4H,1-3H2,(H3,8,9)(H,10,11)(H,12,13). The molecule has 1 atom stereocenters. The number of carboxylic acid groups (broad SMARTS) is 2. The monoisotopic (exact) mass is 188 g/mol. The molecule has 0 bridgehead atoms. The molecule has 0 aromatic rings. The quantitative estimate of drug-likeness (QED) is 0.341. The van der Waals surface area contributed by atoms with Gasteiger partial charge in [0.1, 0.15) is 11.8 Å². The number of amidine groups is 1. The molecular formula is C7H12N2O4. The van der Waals surface area contributed by atoms with Gasteiger partial charge in [0.25, 0.3) is 0 Å². The molecule has 0 aliphatic carbocycles. The Bertz CT molecular complexity index is 213. The van der Waals surface area contributed by atoms with E-state index in [1.54, 1.807) is 0 Å². The SMILES string of the molecule is N=C(N)C(CCCC(=O)O)C(=O)O. The van der Waals surface area contributed by atoms with Gasteiger partial charge in [0.2, 0.25) is 0 Å². The topological polar surface area (TPSA) is 124 Å². The molecule has 0 aromatic carbocycles. The number of carboxylic acids is 2. The van der Waals surface area contributed by atoms with E-state index in [1.165, 1.54) is 0 Å². The predicted molar refractivity (Wildman–Crippen MR) is 44.5 cm³/mol. The lowest BCUT2D eigenvalue weighted by Crippen LogP contribution is -2.29. The fourth-order valence-corrected chi connectivity index (χ4v) is 0.869. The Labute approximate surface area is 74.9 Å². The van der Waals surface area contributed by atoms with Gasteiger partial charge >= 0.3 is 11.9 Å². The summed E-state index contributed by atoms with van der Waals surface area (Å²) in [4.78, 5) is 20.5. The zero-order chi connectivity index (χ0) is 10.4. The van der Waals surface area contributed by atoms with Crippen LogP contribution < -0.4 is 5.73 Å². The summed E-state index contributed by atoms with van der Waals surface area (Å²) in [5.74, 6) is -3.65. The van der Waals surface area contributed by atoms with Crippen molar-refractivity contribution in [3.8, 4) is 0 Å². The summed E-state index contributed by atoms with van der Waals surface area (Å²) in [5, 5.41) is 23.7. The van der Waals surface area contributed by atoms with Crippen molar-refractivity contribution >= 4 is 17.8 Å². The molecule has 0 saturated heterocycles. The van der Waals surface area contributed by atoms with E-state index in [-0.39, 0.29) is 19.3 Å². The minimum absolute atomic E-state index is 0.0942. The van der Waals surface area contributed by atoms with Crippen LogP contribution in [0.1, 0.15) is 19.3 Å². The van der Waals surface area contributed by atoms with Crippen LogP contribution in [0.4, 0.5) is 0 Å². The Balaban J connectivity index is 3.91. The van der Waals surface area contributed by atoms with Crippen LogP contribution in [0.15, 0.2) is 0 Å². The minimum atomic E-state index is -1.18. The van der Waals surface area contributed by atoms with Crippen LogP contribution in [0.5, 0.6) is 0 Å². The average Bonchev–Trinajstić information content (AvgIpc) is 1.95. The molecule has 0 heterocycles. The molecule has 0 aliphatic heterocycles. The number of carbonyl (C=O) groups is 2. The summed E-state index contributed by atoms with van der Waals surface area (Å²) in [6.45, 7) is 0. The second-order valence-corrected chi connectivity index (χ2v) is 2.63. The number of rotatable bonds is 6. The third-order valence-electron chi connectivity index (χ3n) is 1.56. The highest BCUT2D eigenvalue weighted by Crippen LogP contribution is 2.08. The summed E-state index contributed by atoms with van der Waals surface area (Å²) in [6, 6.07) is 0. The molecule has 0 amide bonds. The third-order valence-corrected chi connectivity index (χ3v) is 1.56. The average molecular weight is 188 g/mol. The molecule has 1 unspecified atom stereocenters. The zero-order valence-corrected chi connectivity index (χ0v) is 6.99. The number of aliphatic carboxylic acids is 2. The van der Waals surface area contributed by atoms with Crippen molar-refractivity contribution in [1.29, 1.82) is 5.41 Å². The van der Waals surface area contributed by atoms with E-state index in [0.717, 1.165) is 0 Å². The molecule has 74 valence electrons. The highest BCUT2D eigenvalue weighted by molar-refractivity contribution is 5.97. The summed E-state index contributed by atoms with van der Waals surface area (Å²) in [6.07, 6.45) is 0.208. The molecule has 0 fully saturated rings. The summed E-state index contributed by atoms with van der Waals surface area (Å²) in [5.41, 5.74) is 5.01. The summed E-state index contributed by atoms with van der Waals surface area (Å²) in [7, 11) is 0. The van der Waals surface area contributed by atoms with Crippen LogP contribution in [-0.4, -0.2) is 28.0 Å². The van der Waals surface area contributed by atoms with Gasteiger partial charge in [-0.25, -0.2) is 0 Å². The molecule has 6 nitrogen and oxygen atoms in total. The molecule has 0 rings (SSSR count). The van der Waals surface area contributed by atoms with Crippen molar-refractivity contribution in [1.82, 2.24) is 0 Å². The molecule has 5 N–H and O–H groups in total. The molecule has 0 aliphatic rings. The van der Waals surface area contributed by atoms with Crippen molar-refractivity contribution in [2.24, 2.45) is 11.7 Å². The normalized spacial score (nSPS) is 12.0. The maximum absolute atomic E-state index is 10.4. The first-order chi connectivity index (χ1) is 5.95. The first-order valence-corrected chi connectivity index (χ1v) is 3.73. The van der Waals surface area contributed by atoms with Crippen molar-refractivity contribution in [2.45, 2.75) is 19.3 Å². The number of hydrogen-bond acceptors (Lipinski definition) is 3. The molecular weight excluding hydrogens is 176 g/mol. The third kappa shape index (κ3) is 4.78. The van der Waals surface area contributed by atoms with Crippen molar-refractivity contribution in [2.75, 3.05) is 0 Å². The lowest BCUT2D eigenvalue weighted by molar-refractivity contribution is -0.141. The van der Waals surface area contributed by atoms with Crippen molar-refractivity contribution in [3.63, 3.8) is 0 Å². The van der Waals surface area contributed by atoms with Gasteiger partial charge in [-0.2, -0.15) is 0 Å². The Morgan fingerprint density at radius 1 is 1.38 bits per heavy atom. The Morgan fingerprint density at radius 2 is 1.92 bits per heavy atom. The van der Waals surface area contributed by atoms with E-state index in [2.05, 4.69) is 0 Å². The van der Waals surface area contributed by atoms with Gasteiger partial charge < -0.3 is 15.9 Å². The largest absolute Gasteiger partial charge is 0.481 e. The second kappa shape index (κ2) is 5.13. The fraction of sp³-hybridized carbons (Fsp3) is 0.571. The maximum Gasteiger partial charge on any atom is 0.314 e. The fourth-order valence-electron chi connectivity index (χ4n) is 0.869. The highest BCUT2D eigenvalue weighted by Gasteiger charge is 2.20. The van der Waals surface area contributed by atoms with Crippen LogP contribution >= 0.6 is 0 Å². The second-order valence-electron chi connectivity index (χ2n) is 2.63. The van der Waals surface area contributed by atoms with Crippen LogP contribution in [-0.2, 0) is 9.59 Å². The van der Waals surface area contributed by atoms with E-state index >= 15 is 0 Å². The van der Waals surface area contributed by atoms with Gasteiger partial charge in [0.15, 0.2) is 0 Å². The molecule has 0 spiro atoms. The molecule has 6 heteroatoms. The van der Waals surface area contributed by atoms with E-state index in [9.17, 15) is 9.59 Å². The van der Waals surface area contributed by atoms with E-state index < -0.39 is 23.7 Å². The Hall–Kier alpha value is -1.59. The van der Waals surface area contributed by atoms with Crippen LogP contribution in [0.25, 0.3) is 0 Å². The first kappa shape index (κ1) is 11.4. The van der Waals surface area contributed by atoms with Crippen LogP contribution in [0.2, 0.25) is 0 Å². The molecule has 0 saturated carbocycles. The van der Waals surface area contributed by atoms with E-state index in [0.29, 0.717) is 0 Å². The van der Waals surface area contributed by atoms with E-state index in [4.69, 9.17) is 21.4 Å². The smallest absolute Gasteiger partial charge is 0.314 e. The van der Waals surface area contributed by atoms with Gasteiger partial charge in [-0.1, -0.05) is 0 Å². The molecule has 13 heavy (non-hydrogen) atoms. The van der Waals surface area contributed by atoms with Gasteiger partial charge in [-0.05, 0) is 12.8 Å². The van der Waals surface area contributed by atoms with E-state index in [1.807, 2.05) is 0 Å². The van der Waals surface area contributed by atoms with Crippen LogP contribution in [0.3, 0.4) is 0 Å². The number of hydrogen-bond donors (Lipinski definition) is 4. The summed E-state index contributed by atoms with van der Waals surface area (Å²) >= 11 is 0. The van der Waals surface area contributed by atoms with Crippen molar-refractivity contribution < 1.29 is 19.8 Å². The Morgan fingerprint density at radius 3 is 2.23 bits per heavy atom. The number of nitrogens with one attached hydrogen (secondary N) is 1. The van der Waals surface area contributed by atoms with Gasteiger partial charge in [0.05, 0.1) is 0 Å². The molecule has 0 radical (unpaired) electrons. The maximum atomic E-state index is 10.4. The minimum Gasteiger partial charge on any atom is -0.481 e. The Kier molecular flexibility index (Phi) is 4.50.